The summed E-state index contributed by atoms with van der Waals surface area (Å²) >= 11 is 2.37. The zero-order chi connectivity index (χ0) is 20.4. The minimum absolute atomic E-state index is 0.0631. The molecule has 0 bridgehead atoms. The van der Waals surface area contributed by atoms with Crippen molar-refractivity contribution >= 4 is 38.6 Å². The van der Waals surface area contributed by atoms with Gasteiger partial charge < -0.3 is 5.32 Å². The van der Waals surface area contributed by atoms with Gasteiger partial charge in [0.25, 0.3) is 5.91 Å². The Balaban J connectivity index is 1.43. The molecule has 1 aromatic carbocycles. The summed E-state index contributed by atoms with van der Waals surface area (Å²) in [7, 11) is -3.73. The highest BCUT2D eigenvalue weighted by atomic mass is 32.2. The zero-order valence-electron chi connectivity index (χ0n) is 14.8. The quantitative estimate of drug-likeness (QED) is 0.473. The maximum absolute atomic E-state index is 12.4. The van der Waals surface area contributed by atoms with Crippen LogP contribution < -0.4 is 10.5 Å². The van der Waals surface area contributed by atoms with Crippen LogP contribution in [0.2, 0.25) is 0 Å². The van der Waals surface area contributed by atoms with Crippen LogP contribution in [0.1, 0.15) is 15.4 Å². The van der Waals surface area contributed by atoms with Crippen LogP contribution in [0, 0.1) is 0 Å². The number of rotatable bonds is 6. The second-order valence-corrected chi connectivity index (χ2v) is 9.81. The van der Waals surface area contributed by atoms with E-state index in [0.29, 0.717) is 15.6 Å². The number of thiazole rings is 1. The van der Waals surface area contributed by atoms with Crippen molar-refractivity contribution in [1.29, 1.82) is 0 Å². The standard InChI is InChI=1S/C18H15N5O3S3/c19-29(25,26)16-7-6-14(28-16)9-20-17(24)15-11-27-18(22-15)12-8-21-23(10-12)13-4-2-1-3-5-13/h1-8,10-11H,9H2,(H,20,24)(H2,19,25,26). The van der Waals surface area contributed by atoms with Crippen molar-refractivity contribution in [3.8, 4) is 16.3 Å². The van der Waals surface area contributed by atoms with Gasteiger partial charge in [-0.05, 0) is 24.3 Å². The van der Waals surface area contributed by atoms with Gasteiger partial charge >= 0.3 is 0 Å². The normalized spacial score (nSPS) is 11.5. The van der Waals surface area contributed by atoms with Crippen LogP contribution in [0.4, 0.5) is 0 Å². The Morgan fingerprint density at radius 2 is 1.97 bits per heavy atom. The van der Waals surface area contributed by atoms with Gasteiger partial charge in [0.1, 0.15) is 14.9 Å². The number of sulfonamides is 1. The van der Waals surface area contributed by atoms with Crippen molar-refractivity contribution in [2.24, 2.45) is 5.14 Å². The molecule has 0 saturated carbocycles. The number of carbonyl (C=O) groups is 1. The first kappa shape index (κ1) is 19.5. The van der Waals surface area contributed by atoms with Gasteiger partial charge in [-0.2, -0.15) is 5.10 Å². The minimum atomic E-state index is -3.73. The van der Waals surface area contributed by atoms with Gasteiger partial charge in [0.05, 0.1) is 18.4 Å². The molecule has 29 heavy (non-hydrogen) atoms. The van der Waals surface area contributed by atoms with Crippen LogP contribution in [0.3, 0.4) is 0 Å². The third-order valence-electron chi connectivity index (χ3n) is 3.93. The molecule has 3 N–H and O–H groups in total. The third kappa shape index (κ3) is 4.43. The van der Waals surface area contributed by atoms with E-state index in [1.807, 2.05) is 36.5 Å². The van der Waals surface area contributed by atoms with Gasteiger partial charge in [-0.25, -0.2) is 23.2 Å². The summed E-state index contributed by atoms with van der Waals surface area (Å²) in [5.41, 5.74) is 2.04. The van der Waals surface area contributed by atoms with E-state index in [1.165, 1.54) is 17.4 Å². The highest BCUT2D eigenvalue weighted by Crippen LogP contribution is 2.24. The lowest BCUT2D eigenvalue weighted by Crippen LogP contribution is -2.22. The molecule has 4 aromatic rings. The first-order chi connectivity index (χ1) is 13.9. The van der Waals surface area contributed by atoms with Crippen LogP contribution in [0.25, 0.3) is 16.3 Å². The fourth-order valence-electron chi connectivity index (χ4n) is 2.53. The van der Waals surface area contributed by atoms with E-state index in [4.69, 9.17) is 5.14 Å². The summed E-state index contributed by atoms with van der Waals surface area (Å²) in [4.78, 5) is 17.4. The molecule has 0 atom stereocenters. The number of hydrogen-bond acceptors (Lipinski definition) is 7. The molecule has 0 aliphatic rings. The van der Waals surface area contributed by atoms with Crippen molar-refractivity contribution in [3.63, 3.8) is 0 Å². The molecule has 0 fully saturated rings. The van der Waals surface area contributed by atoms with Gasteiger partial charge in [0.2, 0.25) is 10.0 Å². The number of aromatic nitrogens is 3. The number of para-hydroxylation sites is 1. The van der Waals surface area contributed by atoms with Crippen LogP contribution in [-0.2, 0) is 16.6 Å². The molecule has 148 valence electrons. The largest absolute Gasteiger partial charge is 0.346 e. The first-order valence-corrected chi connectivity index (χ1v) is 11.6. The minimum Gasteiger partial charge on any atom is -0.346 e. The number of nitrogens with two attached hydrogens (primary N) is 1. The van der Waals surface area contributed by atoms with Crippen molar-refractivity contribution in [3.05, 3.63) is 70.8 Å². The molecule has 0 radical (unpaired) electrons. The fraction of sp³-hybridized carbons (Fsp3) is 0.0556. The second kappa shape index (κ2) is 7.87. The average molecular weight is 446 g/mol. The van der Waals surface area contributed by atoms with Crippen molar-refractivity contribution in [2.75, 3.05) is 0 Å². The third-order valence-corrected chi connectivity index (χ3v) is 7.34. The smallest absolute Gasteiger partial charge is 0.271 e. The SMILES string of the molecule is NS(=O)(=O)c1ccc(CNC(=O)c2csc(-c3cnn(-c4ccccc4)c3)n2)s1. The van der Waals surface area contributed by atoms with E-state index >= 15 is 0 Å². The number of hydrogen-bond donors (Lipinski definition) is 2. The molecule has 0 aliphatic heterocycles. The monoisotopic (exact) mass is 445 g/mol. The number of amides is 1. The Kier molecular flexibility index (Phi) is 5.28. The highest BCUT2D eigenvalue weighted by Gasteiger charge is 2.15. The molecular weight excluding hydrogens is 430 g/mol. The molecule has 4 rings (SSSR count). The molecule has 0 spiro atoms. The van der Waals surface area contributed by atoms with Crippen molar-refractivity contribution in [2.45, 2.75) is 10.8 Å². The Morgan fingerprint density at radius 1 is 1.17 bits per heavy atom. The zero-order valence-corrected chi connectivity index (χ0v) is 17.3. The predicted molar refractivity (Wildman–Crippen MR) is 112 cm³/mol. The second-order valence-electron chi connectivity index (χ2n) is 6.00. The fourth-order valence-corrected chi connectivity index (χ4v) is 5.02. The summed E-state index contributed by atoms with van der Waals surface area (Å²) in [5.74, 6) is -0.339. The van der Waals surface area contributed by atoms with E-state index < -0.39 is 10.0 Å². The van der Waals surface area contributed by atoms with Gasteiger partial charge in [0.15, 0.2) is 0 Å². The maximum Gasteiger partial charge on any atom is 0.271 e. The highest BCUT2D eigenvalue weighted by molar-refractivity contribution is 7.91. The predicted octanol–water partition coefficient (Wildman–Crippen LogP) is 2.63. The van der Waals surface area contributed by atoms with Crippen molar-refractivity contribution < 1.29 is 13.2 Å². The molecule has 0 unspecified atom stereocenters. The molecule has 11 heteroatoms. The summed E-state index contributed by atoms with van der Waals surface area (Å²) in [6, 6.07) is 12.7. The lowest BCUT2D eigenvalue weighted by atomic mass is 10.3. The molecule has 8 nitrogen and oxygen atoms in total. The Morgan fingerprint density at radius 3 is 2.69 bits per heavy atom. The number of carbonyl (C=O) groups excluding carboxylic acids is 1. The van der Waals surface area contributed by atoms with Gasteiger partial charge in [-0.1, -0.05) is 18.2 Å². The molecular formula is C18H15N5O3S3. The maximum atomic E-state index is 12.4. The molecule has 3 aromatic heterocycles. The van der Waals surface area contributed by atoms with Crippen LogP contribution >= 0.6 is 22.7 Å². The summed E-state index contributed by atoms with van der Waals surface area (Å²) in [6.07, 6.45) is 3.56. The van der Waals surface area contributed by atoms with Gasteiger partial charge in [0, 0.05) is 22.0 Å². The van der Waals surface area contributed by atoms with E-state index in [0.717, 1.165) is 22.6 Å². The van der Waals surface area contributed by atoms with E-state index in [-0.39, 0.29) is 16.7 Å². The summed E-state index contributed by atoms with van der Waals surface area (Å²) in [6.45, 7) is 0.192. The van der Waals surface area contributed by atoms with Gasteiger partial charge in [-0.3, -0.25) is 4.79 Å². The van der Waals surface area contributed by atoms with E-state index in [9.17, 15) is 13.2 Å². The lowest BCUT2D eigenvalue weighted by molar-refractivity contribution is 0.0947. The van der Waals surface area contributed by atoms with Crippen LogP contribution in [-0.4, -0.2) is 29.1 Å². The Bertz CT molecular complexity index is 1260. The number of primary sulfonamides is 1. The topological polar surface area (TPSA) is 120 Å². The number of thiophene rings is 1. The lowest BCUT2D eigenvalue weighted by Gasteiger charge is -2.00. The number of benzene rings is 1. The molecule has 0 saturated heterocycles. The van der Waals surface area contributed by atoms with Gasteiger partial charge in [-0.15, -0.1) is 22.7 Å². The van der Waals surface area contributed by atoms with Crippen LogP contribution in [0.15, 0.2) is 64.4 Å². The Hall–Kier alpha value is -2.86. The van der Waals surface area contributed by atoms with E-state index in [1.54, 1.807) is 22.3 Å². The van der Waals surface area contributed by atoms with Crippen molar-refractivity contribution in [1.82, 2.24) is 20.1 Å². The molecule has 1 amide bonds. The average Bonchev–Trinajstić information content (AvgIpc) is 3.46. The molecule has 3 heterocycles. The summed E-state index contributed by atoms with van der Waals surface area (Å²) < 4.78 is 24.5. The number of nitrogens with zero attached hydrogens (tertiary/aromatic N) is 3. The number of nitrogens with one attached hydrogen (secondary N) is 1. The van der Waals surface area contributed by atoms with Crippen LogP contribution in [0.5, 0.6) is 0 Å². The van der Waals surface area contributed by atoms with E-state index in [2.05, 4.69) is 15.4 Å². The molecule has 0 aliphatic carbocycles. The first-order valence-electron chi connectivity index (χ1n) is 8.36. The summed E-state index contributed by atoms with van der Waals surface area (Å²) in [5, 5.41) is 14.5. The Labute approximate surface area is 174 Å².